The van der Waals surface area contributed by atoms with E-state index in [-0.39, 0.29) is 73.1 Å². The maximum absolute atomic E-state index is 13.3. The summed E-state index contributed by atoms with van der Waals surface area (Å²) >= 11 is 3.33. The van der Waals surface area contributed by atoms with Crippen LogP contribution in [0.2, 0.25) is 0 Å². The molecule has 0 aliphatic heterocycles. The second-order valence-corrected chi connectivity index (χ2v) is 25.7. The van der Waals surface area contributed by atoms with Crippen molar-refractivity contribution in [1.29, 1.82) is 0 Å². The number of ether oxygens (including phenoxy) is 2. The molecule has 0 unspecified atom stereocenters. The molecule has 0 aliphatic rings. The van der Waals surface area contributed by atoms with Crippen molar-refractivity contribution in [2.24, 2.45) is 0 Å². The van der Waals surface area contributed by atoms with Gasteiger partial charge in [0.05, 0.1) is 17.3 Å². The lowest BCUT2D eigenvalue weighted by Gasteiger charge is -2.21. The summed E-state index contributed by atoms with van der Waals surface area (Å²) in [5, 5.41) is 20.8. The summed E-state index contributed by atoms with van der Waals surface area (Å²) in [5.41, 5.74) is 6.79. The Morgan fingerprint density at radius 2 is 0.791 bits per heavy atom. The third-order valence-electron chi connectivity index (χ3n) is 13.1. The van der Waals surface area contributed by atoms with Crippen LogP contribution in [0.3, 0.4) is 0 Å². The third kappa shape index (κ3) is 21.5. The summed E-state index contributed by atoms with van der Waals surface area (Å²) in [7, 11) is 0. The predicted molar refractivity (Wildman–Crippen MR) is 337 cm³/mol. The van der Waals surface area contributed by atoms with Crippen molar-refractivity contribution in [3.63, 3.8) is 0 Å². The van der Waals surface area contributed by atoms with E-state index < -0.39 is 41.1 Å². The molecule has 0 spiro atoms. The highest BCUT2D eigenvalue weighted by Crippen LogP contribution is 2.26. The van der Waals surface area contributed by atoms with Gasteiger partial charge >= 0.3 is 11.9 Å². The Morgan fingerprint density at radius 1 is 0.453 bits per heavy atom. The minimum Gasteiger partial charge on any atom is -0.508 e. The normalized spacial score (nSPS) is 12.3. The third-order valence-corrected chi connectivity index (χ3v) is 13.6. The number of aromatic hydroxyl groups is 1. The van der Waals surface area contributed by atoms with E-state index >= 15 is 0 Å². The molecule has 0 bridgehead atoms. The number of nitrogens with zero attached hydrogens (tertiary/aromatic N) is 4. The number of carbonyl (C=O) groups is 6. The minimum absolute atomic E-state index is 0.0121. The van der Waals surface area contributed by atoms with Crippen molar-refractivity contribution >= 4 is 51.5 Å². The highest BCUT2D eigenvalue weighted by Gasteiger charge is 2.26. The quantitative estimate of drug-likeness (QED) is 0.0474. The number of nitrogens with one attached hydrogen (secondary N) is 4. The molecule has 4 amide bonds. The van der Waals surface area contributed by atoms with Crippen LogP contribution in [0.15, 0.2) is 151 Å². The fourth-order valence-electron chi connectivity index (χ4n) is 8.54. The zero-order valence-corrected chi connectivity index (χ0v) is 52.7. The molecule has 2 aromatic heterocycles. The number of hydrogen-bond acceptors (Lipinski definition) is 13. The highest BCUT2D eigenvalue weighted by molar-refractivity contribution is 9.10. The SMILES string of the molecule is CC(C)(C)OC(=O)CCNC(=O)[C@H](Cc1ccc(-c2ncc(-c3ccc(O)cc3)cn2)cc1)NC(=O)c1ccc(C(C)(C)C)cc1.CC(C)(C)OC(=O)CCNC(=O)[C@H](Cc1ccc(-c2ncc(Br)cn2)cc1)NC(=O)c1ccc(C(C)(C)C)cc1. The van der Waals surface area contributed by atoms with Crippen molar-refractivity contribution in [1.82, 2.24) is 41.2 Å². The van der Waals surface area contributed by atoms with E-state index in [1.807, 2.05) is 72.8 Å². The zero-order valence-electron chi connectivity index (χ0n) is 51.1. The van der Waals surface area contributed by atoms with Crippen LogP contribution in [-0.2, 0) is 52.3 Å². The molecule has 17 nitrogen and oxygen atoms in total. The molecular formula is C68H79BrN8O9. The number of esters is 2. The van der Waals surface area contributed by atoms with Gasteiger partial charge in [0, 0.05) is 78.5 Å². The van der Waals surface area contributed by atoms with Crippen molar-refractivity contribution in [2.45, 2.75) is 143 Å². The summed E-state index contributed by atoms with van der Waals surface area (Å²) in [4.78, 5) is 94.7. The van der Waals surface area contributed by atoms with Gasteiger partial charge in [0.15, 0.2) is 11.6 Å². The van der Waals surface area contributed by atoms with Crippen LogP contribution in [0, 0.1) is 0 Å². The van der Waals surface area contributed by atoms with Gasteiger partial charge in [0.25, 0.3) is 11.8 Å². The highest BCUT2D eigenvalue weighted by atomic mass is 79.9. The summed E-state index contributed by atoms with van der Waals surface area (Å²) in [6, 6.07) is 34.8. The smallest absolute Gasteiger partial charge is 0.308 e. The van der Waals surface area contributed by atoms with Crippen LogP contribution in [0.1, 0.15) is 139 Å². The molecule has 0 saturated carbocycles. The molecular weight excluding hydrogens is 1150 g/mol. The Bertz CT molecular complexity index is 3400. The molecule has 2 heterocycles. The van der Waals surface area contributed by atoms with Gasteiger partial charge in [-0.2, -0.15) is 0 Å². The molecule has 7 rings (SSSR count). The first-order valence-electron chi connectivity index (χ1n) is 28.5. The number of carbonyl (C=O) groups excluding carboxylic acids is 6. The number of hydrogen-bond donors (Lipinski definition) is 5. The largest absolute Gasteiger partial charge is 0.508 e. The van der Waals surface area contributed by atoms with Crippen LogP contribution in [0.5, 0.6) is 5.75 Å². The van der Waals surface area contributed by atoms with Crippen LogP contribution in [0.4, 0.5) is 0 Å². The number of aromatic nitrogens is 4. The molecule has 0 fully saturated rings. The van der Waals surface area contributed by atoms with Crippen LogP contribution in [0.25, 0.3) is 33.9 Å². The topological polar surface area (TPSA) is 241 Å². The van der Waals surface area contributed by atoms with Gasteiger partial charge in [-0.05, 0) is 133 Å². The van der Waals surface area contributed by atoms with Gasteiger partial charge < -0.3 is 35.8 Å². The minimum atomic E-state index is -0.889. The van der Waals surface area contributed by atoms with Gasteiger partial charge in [-0.15, -0.1) is 0 Å². The molecule has 0 aliphatic carbocycles. The van der Waals surface area contributed by atoms with Crippen molar-refractivity contribution in [3.05, 3.63) is 184 Å². The van der Waals surface area contributed by atoms with Gasteiger partial charge in [-0.1, -0.05) is 126 Å². The van der Waals surface area contributed by atoms with Gasteiger partial charge in [-0.3, -0.25) is 28.8 Å². The number of benzene rings is 5. The maximum Gasteiger partial charge on any atom is 0.308 e. The lowest BCUT2D eigenvalue weighted by atomic mass is 9.86. The first kappa shape index (κ1) is 66.5. The first-order chi connectivity index (χ1) is 40.4. The molecule has 18 heteroatoms. The number of amides is 4. The van der Waals surface area contributed by atoms with E-state index in [9.17, 15) is 33.9 Å². The molecule has 86 heavy (non-hydrogen) atoms. The number of halogens is 1. The summed E-state index contributed by atoms with van der Waals surface area (Å²) < 4.78 is 11.4. The Kier molecular flexibility index (Phi) is 22.8. The summed E-state index contributed by atoms with van der Waals surface area (Å²) in [5.74, 6) is -1.02. The van der Waals surface area contributed by atoms with Crippen LogP contribution in [-0.4, -0.2) is 97.0 Å². The predicted octanol–water partition coefficient (Wildman–Crippen LogP) is 11.4. The standard InChI is InChI=1S/C37H42N4O5.C31H37BrN4O4/c1-36(2,3)29-15-11-27(12-16-29)34(44)41-31(35(45)38-20-19-32(43)46-37(4,5)6)21-24-7-9-26(10-8-24)33-39-22-28(23-40-33)25-13-17-30(42)18-14-25;1-30(2,3)23-13-11-22(12-14-23)28(38)36-25(29(39)33-16-15-26(37)40-31(4,5)6)17-20-7-9-21(10-8-20)27-34-18-24(32)19-35-27/h7-18,22-23,31,42H,19-21H2,1-6H3,(H,38,45)(H,41,44);7-14,18-19,25H,15-17H2,1-6H3,(H,33,39)(H,36,38)/t31-;25-/m00/s1. The molecule has 5 N–H and O–H groups in total. The van der Waals surface area contributed by atoms with Crippen LogP contribution >= 0.6 is 15.9 Å². The van der Waals surface area contributed by atoms with E-state index in [1.165, 1.54) is 0 Å². The van der Waals surface area contributed by atoms with E-state index in [1.54, 1.807) is 115 Å². The van der Waals surface area contributed by atoms with Crippen molar-refractivity contribution in [2.75, 3.05) is 13.1 Å². The molecule has 452 valence electrons. The zero-order chi connectivity index (χ0) is 63.0. The second kappa shape index (κ2) is 29.4. The number of rotatable bonds is 19. The van der Waals surface area contributed by atoms with Gasteiger partial charge in [0.1, 0.15) is 29.0 Å². The van der Waals surface area contributed by atoms with E-state index in [2.05, 4.69) is 98.7 Å². The molecule has 0 saturated heterocycles. The second-order valence-electron chi connectivity index (χ2n) is 24.8. The molecule has 2 atom stereocenters. The lowest BCUT2D eigenvalue weighted by Crippen LogP contribution is -2.48. The Hall–Kier alpha value is -8.64. The van der Waals surface area contributed by atoms with Crippen molar-refractivity contribution in [3.8, 4) is 39.7 Å². The summed E-state index contributed by atoms with van der Waals surface area (Å²) in [6.07, 6.45) is 7.33. The average molecular weight is 1230 g/mol. The average Bonchev–Trinajstić information content (AvgIpc) is 3.38. The van der Waals surface area contributed by atoms with E-state index in [4.69, 9.17) is 9.47 Å². The molecule has 0 radical (unpaired) electrons. The van der Waals surface area contributed by atoms with E-state index in [0.717, 1.165) is 49.0 Å². The maximum atomic E-state index is 13.3. The fraction of sp³-hybridized carbons (Fsp3) is 0.353. The lowest BCUT2D eigenvalue weighted by molar-refractivity contribution is -0.155. The van der Waals surface area contributed by atoms with Crippen LogP contribution < -0.4 is 21.3 Å². The Balaban J connectivity index is 0.000000278. The van der Waals surface area contributed by atoms with E-state index in [0.29, 0.717) is 22.8 Å². The first-order valence-corrected chi connectivity index (χ1v) is 29.3. The molecule has 5 aromatic carbocycles. The van der Waals surface area contributed by atoms with Gasteiger partial charge in [0.2, 0.25) is 11.8 Å². The molecule has 7 aromatic rings. The van der Waals surface area contributed by atoms with Gasteiger partial charge in [-0.25, -0.2) is 19.9 Å². The van der Waals surface area contributed by atoms with Crippen molar-refractivity contribution < 1.29 is 43.3 Å². The fourth-order valence-corrected chi connectivity index (χ4v) is 8.75. The monoisotopic (exact) mass is 1230 g/mol. The Morgan fingerprint density at radius 3 is 1.13 bits per heavy atom. The number of phenolic OH excluding ortho intramolecular Hbond substituents is 1. The Labute approximate surface area is 513 Å². The summed E-state index contributed by atoms with van der Waals surface area (Å²) in [6.45, 7) is 23.5. The number of phenols is 1.